The van der Waals surface area contributed by atoms with Gasteiger partial charge in [-0.2, -0.15) is 0 Å². The molecule has 3 aromatic rings. The standard InChI is InChI=1S/C21H22N2O4/c24-14-17-5-3-4-15(11-17)10-16-8-9-22(12-16)20(25)13-23-18-6-1-2-7-19(18)27-21(23)26/h1-7,11,16,24H,8-10,12-14H2. The fourth-order valence-corrected chi connectivity index (χ4v) is 3.81. The molecule has 27 heavy (non-hydrogen) atoms. The molecule has 1 unspecified atom stereocenters. The molecular weight excluding hydrogens is 344 g/mol. The Balaban J connectivity index is 1.41. The van der Waals surface area contributed by atoms with Crippen molar-refractivity contribution in [2.45, 2.75) is 26.0 Å². The second kappa shape index (κ2) is 7.40. The van der Waals surface area contributed by atoms with E-state index < -0.39 is 5.76 Å². The summed E-state index contributed by atoms with van der Waals surface area (Å²) in [5, 5.41) is 9.27. The topological polar surface area (TPSA) is 75.7 Å². The monoisotopic (exact) mass is 366 g/mol. The quantitative estimate of drug-likeness (QED) is 0.751. The first kappa shape index (κ1) is 17.5. The summed E-state index contributed by atoms with van der Waals surface area (Å²) in [7, 11) is 0. The minimum Gasteiger partial charge on any atom is -0.408 e. The molecule has 0 saturated carbocycles. The highest BCUT2D eigenvalue weighted by Gasteiger charge is 2.27. The van der Waals surface area contributed by atoms with Gasteiger partial charge in [0.25, 0.3) is 0 Å². The van der Waals surface area contributed by atoms with Crippen LogP contribution in [0.15, 0.2) is 57.7 Å². The van der Waals surface area contributed by atoms with Gasteiger partial charge in [-0.05, 0) is 42.0 Å². The van der Waals surface area contributed by atoms with E-state index in [1.54, 1.807) is 18.2 Å². The van der Waals surface area contributed by atoms with Crippen molar-refractivity contribution < 1.29 is 14.3 Å². The number of hydrogen-bond donors (Lipinski definition) is 1. The molecule has 2 heterocycles. The van der Waals surface area contributed by atoms with E-state index in [0.717, 1.165) is 18.4 Å². The summed E-state index contributed by atoms with van der Waals surface area (Å²) in [6.45, 7) is 1.43. The van der Waals surface area contributed by atoms with E-state index in [0.29, 0.717) is 30.1 Å². The second-order valence-corrected chi connectivity index (χ2v) is 7.10. The largest absolute Gasteiger partial charge is 0.420 e. The zero-order valence-electron chi connectivity index (χ0n) is 15.0. The van der Waals surface area contributed by atoms with Gasteiger partial charge in [-0.1, -0.05) is 36.4 Å². The maximum Gasteiger partial charge on any atom is 0.420 e. The molecule has 4 rings (SSSR count). The van der Waals surface area contributed by atoms with Crippen molar-refractivity contribution >= 4 is 17.0 Å². The second-order valence-electron chi connectivity index (χ2n) is 7.10. The fraction of sp³-hybridized carbons (Fsp3) is 0.333. The van der Waals surface area contributed by atoms with Gasteiger partial charge in [-0.3, -0.25) is 9.36 Å². The molecule has 0 spiro atoms. The molecule has 1 aliphatic rings. The van der Waals surface area contributed by atoms with Crippen LogP contribution < -0.4 is 5.76 Å². The van der Waals surface area contributed by atoms with E-state index in [-0.39, 0.29) is 19.1 Å². The number of aliphatic hydroxyl groups is 1. The van der Waals surface area contributed by atoms with E-state index in [1.807, 2.05) is 29.2 Å². The van der Waals surface area contributed by atoms with Crippen LogP contribution in [0.1, 0.15) is 17.5 Å². The Morgan fingerprint density at radius 2 is 1.96 bits per heavy atom. The molecule has 2 aromatic carbocycles. The lowest BCUT2D eigenvalue weighted by molar-refractivity contribution is -0.130. The number of carbonyl (C=O) groups is 1. The minimum absolute atomic E-state index is 0.00254. The highest BCUT2D eigenvalue weighted by Crippen LogP contribution is 2.22. The van der Waals surface area contributed by atoms with E-state index in [9.17, 15) is 14.7 Å². The lowest BCUT2D eigenvalue weighted by Gasteiger charge is -2.17. The lowest BCUT2D eigenvalue weighted by Crippen LogP contribution is -2.34. The van der Waals surface area contributed by atoms with Gasteiger partial charge in [-0.15, -0.1) is 0 Å². The number of rotatable bonds is 5. The Morgan fingerprint density at radius 3 is 2.81 bits per heavy atom. The van der Waals surface area contributed by atoms with Crippen molar-refractivity contribution in [1.29, 1.82) is 0 Å². The zero-order chi connectivity index (χ0) is 18.8. The molecule has 1 N–H and O–H groups in total. The number of hydrogen-bond acceptors (Lipinski definition) is 4. The number of benzene rings is 2. The Labute approximate surface area is 156 Å². The maximum atomic E-state index is 12.7. The van der Waals surface area contributed by atoms with Crippen LogP contribution in [-0.4, -0.2) is 33.6 Å². The highest BCUT2D eigenvalue weighted by molar-refractivity contribution is 5.79. The van der Waals surface area contributed by atoms with Crippen molar-refractivity contribution in [1.82, 2.24) is 9.47 Å². The Morgan fingerprint density at radius 1 is 1.15 bits per heavy atom. The van der Waals surface area contributed by atoms with E-state index in [2.05, 4.69) is 6.07 Å². The summed E-state index contributed by atoms with van der Waals surface area (Å²) in [6, 6.07) is 15.1. The van der Waals surface area contributed by atoms with Gasteiger partial charge in [0.2, 0.25) is 5.91 Å². The van der Waals surface area contributed by atoms with Crippen LogP contribution in [0.25, 0.3) is 11.1 Å². The molecule has 1 amide bonds. The molecule has 1 saturated heterocycles. The summed E-state index contributed by atoms with van der Waals surface area (Å²) >= 11 is 0. The molecule has 1 atom stereocenters. The van der Waals surface area contributed by atoms with Gasteiger partial charge in [0.15, 0.2) is 5.58 Å². The third kappa shape index (κ3) is 3.66. The van der Waals surface area contributed by atoms with Gasteiger partial charge < -0.3 is 14.4 Å². The van der Waals surface area contributed by atoms with E-state index in [1.165, 1.54) is 10.1 Å². The molecule has 0 bridgehead atoms. The van der Waals surface area contributed by atoms with Crippen molar-refractivity contribution in [3.8, 4) is 0 Å². The van der Waals surface area contributed by atoms with Crippen LogP contribution in [0, 0.1) is 5.92 Å². The number of fused-ring (bicyclic) bond motifs is 1. The number of aromatic nitrogens is 1. The van der Waals surface area contributed by atoms with Gasteiger partial charge in [0.05, 0.1) is 12.1 Å². The third-order valence-electron chi connectivity index (χ3n) is 5.20. The van der Waals surface area contributed by atoms with E-state index >= 15 is 0 Å². The summed E-state index contributed by atoms with van der Waals surface area (Å²) in [6.07, 6.45) is 1.82. The van der Waals surface area contributed by atoms with Crippen molar-refractivity contribution in [2.24, 2.45) is 5.92 Å². The normalized spacial score (nSPS) is 16.9. The first-order valence-corrected chi connectivity index (χ1v) is 9.19. The Bertz CT molecular complexity index is 1020. The van der Waals surface area contributed by atoms with Crippen molar-refractivity contribution in [2.75, 3.05) is 13.1 Å². The van der Waals surface area contributed by atoms with E-state index in [4.69, 9.17) is 4.42 Å². The fourth-order valence-electron chi connectivity index (χ4n) is 3.81. The molecule has 6 heteroatoms. The highest BCUT2D eigenvalue weighted by atomic mass is 16.4. The summed E-state index contributed by atoms with van der Waals surface area (Å²) in [4.78, 5) is 26.6. The molecule has 0 radical (unpaired) electrons. The molecule has 6 nitrogen and oxygen atoms in total. The Hall–Kier alpha value is -2.86. The van der Waals surface area contributed by atoms with Crippen molar-refractivity contribution in [3.05, 3.63) is 70.2 Å². The van der Waals surface area contributed by atoms with Gasteiger partial charge in [-0.25, -0.2) is 4.79 Å². The van der Waals surface area contributed by atoms with Crippen LogP contribution >= 0.6 is 0 Å². The summed E-state index contributed by atoms with van der Waals surface area (Å²) < 4.78 is 6.60. The van der Waals surface area contributed by atoms with Gasteiger partial charge >= 0.3 is 5.76 Å². The van der Waals surface area contributed by atoms with Crippen LogP contribution in [0.5, 0.6) is 0 Å². The zero-order valence-corrected chi connectivity index (χ0v) is 15.0. The number of likely N-dealkylation sites (tertiary alicyclic amines) is 1. The number of carbonyl (C=O) groups excluding carboxylic acids is 1. The molecule has 140 valence electrons. The predicted octanol–water partition coefficient (Wildman–Crippen LogP) is 2.18. The molecule has 1 aromatic heterocycles. The molecule has 1 aliphatic heterocycles. The summed E-state index contributed by atoms with van der Waals surface area (Å²) in [5.41, 5.74) is 3.23. The first-order valence-electron chi connectivity index (χ1n) is 9.19. The third-order valence-corrected chi connectivity index (χ3v) is 5.20. The van der Waals surface area contributed by atoms with Gasteiger partial charge in [0, 0.05) is 13.1 Å². The molecule has 1 fully saturated rings. The summed E-state index contributed by atoms with van der Waals surface area (Å²) in [5.74, 6) is -0.169. The van der Waals surface area contributed by atoms with Gasteiger partial charge in [0.1, 0.15) is 6.54 Å². The number of amides is 1. The lowest BCUT2D eigenvalue weighted by atomic mass is 9.97. The smallest absolute Gasteiger partial charge is 0.408 e. The maximum absolute atomic E-state index is 12.7. The van der Waals surface area contributed by atoms with Crippen LogP contribution in [0.2, 0.25) is 0 Å². The minimum atomic E-state index is -0.499. The first-order chi connectivity index (χ1) is 13.1. The van der Waals surface area contributed by atoms with Crippen LogP contribution in [0.3, 0.4) is 0 Å². The molecule has 0 aliphatic carbocycles. The number of para-hydroxylation sites is 2. The van der Waals surface area contributed by atoms with Crippen molar-refractivity contribution in [3.63, 3.8) is 0 Å². The van der Waals surface area contributed by atoms with Crippen LogP contribution in [-0.2, 0) is 24.4 Å². The average molecular weight is 366 g/mol. The number of nitrogens with zero attached hydrogens (tertiary/aromatic N) is 2. The SMILES string of the molecule is O=C(Cn1c(=O)oc2ccccc21)N1CCC(Cc2cccc(CO)c2)C1. The predicted molar refractivity (Wildman–Crippen MR) is 101 cm³/mol. The number of aliphatic hydroxyl groups excluding tert-OH is 1. The number of oxazole rings is 1. The van der Waals surface area contributed by atoms with Crippen LogP contribution in [0.4, 0.5) is 0 Å². The molecular formula is C21H22N2O4. The Kier molecular flexibility index (Phi) is 4.81. The average Bonchev–Trinajstić information content (AvgIpc) is 3.27.